The van der Waals surface area contributed by atoms with Crippen molar-refractivity contribution in [1.29, 1.82) is 0 Å². The van der Waals surface area contributed by atoms with Crippen molar-refractivity contribution >= 4 is 23.7 Å². The van der Waals surface area contributed by atoms with Crippen LogP contribution in [0.4, 0.5) is 4.79 Å². The molecule has 33 heavy (non-hydrogen) atoms. The van der Waals surface area contributed by atoms with Gasteiger partial charge in [0.05, 0.1) is 12.1 Å². The predicted molar refractivity (Wildman–Crippen MR) is 129 cm³/mol. The lowest BCUT2D eigenvalue weighted by atomic mass is 9.97. The van der Waals surface area contributed by atoms with Gasteiger partial charge in [-0.3, -0.25) is 14.6 Å². The summed E-state index contributed by atoms with van der Waals surface area (Å²) in [6, 6.07) is 8.19. The van der Waals surface area contributed by atoms with Crippen molar-refractivity contribution in [2.24, 2.45) is 16.8 Å². The second-order valence-corrected chi connectivity index (χ2v) is 9.33. The Morgan fingerprint density at radius 3 is 2.42 bits per heavy atom. The molecule has 1 aromatic rings. The van der Waals surface area contributed by atoms with Crippen LogP contribution in [-0.2, 0) is 20.9 Å². The first-order valence-electron chi connectivity index (χ1n) is 11.8. The van der Waals surface area contributed by atoms with Crippen molar-refractivity contribution in [2.45, 2.75) is 79.1 Å². The van der Waals surface area contributed by atoms with Gasteiger partial charge in [-0.15, -0.1) is 0 Å². The summed E-state index contributed by atoms with van der Waals surface area (Å²) in [5.74, 6) is 0.517. The van der Waals surface area contributed by atoms with E-state index in [1.165, 1.54) is 0 Å². The number of carbonyl (C=O) groups excluding carboxylic acids is 3. The molecule has 0 radical (unpaired) electrons. The Labute approximate surface area is 197 Å². The highest BCUT2D eigenvalue weighted by atomic mass is 16.5. The third-order valence-electron chi connectivity index (χ3n) is 5.77. The molecule has 8 heteroatoms. The lowest BCUT2D eigenvalue weighted by Gasteiger charge is -2.39. The minimum absolute atomic E-state index is 0.00178. The van der Waals surface area contributed by atoms with Crippen molar-refractivity contribution in [1.82, 2.24) is 15.5 Å². The highest BCUT2D eigenvalue weighted by Gasteiger charge is 2.38. The molecule has 3 atom stereocenters. The number of nitrogens with zero attached hydrogens (tertiary/aromatic N) is 2. The SMILES string of the molecule is CCC(NC(=O)OCc1ccccc1)C(=O)N1CC(=O)NC(=N[C@H](C)C(C)C)[C@@H]1CC(C)C. The second kappa shape index (κ2) is 12.4. The molecule has 2 rings (SSSR count). The third kappa shape index (κ3) is 7.87. The van der Waals surface area contributed by atoms with Gasteiger partial charge in [0.1, 0.15) is 25.0 Å². The molecule has 8 nitrogen and oxygen atoms in total. The summed E-state index contributed by atoms with van der Waals surface area (Å²) in [5, 5.41) is 5.56. The molecule has 2 N–H and O–H groups in total. The van der Waals surface area contributed by atoms with Crippen LogP contribution in [0.2, 0.25) is 0 Å². The maximum atomic E-state index is 13.5. The van der Waals surface area contributed by atoms with E-state index in [2.05, 4.69) is 38.3 Å². The van der Waals surface area contributed by atoms with E-state index in [1.54, 1.807) is 4.90 Å². The highest BCUT2D eigenvalue weighted by molar-refractivity contribution is 6.07. The maximum Gasteiger partial charge on any atom is 0.408 e. The van der Waals surface area contributed by atoms with E-state index >= 15 is 0 Å². The first kappa shape index (κ1) is 26.4. The molecule has 1 saturated heterocycles. The molecule has 1 aromatic carbocycles. The Kier molecular flexibility index (Phi) is 9.88. The number of amidine groups is 1. The molecule has 1 fully saturated rings. The van der Waals surface area contributed by atoms with Crippen molar-refractivity contribution in [2.75, 3.05) is 6.54 Å². The molecule has 1 unspecified atom stereocenters. The molecule has 0 bridgehead atoms. The Morgan fingerprint density at radius 2 is 1.85 bits per heavy atom. The van der Waals surface area contributed by atoms with E-state index in [4.69, 9.17) is 9.73 Å². The van der Waals surface area contributed by atoms with E-state index in [-0.39, 0.29) is 43.0 Å². The smallest absolute Gasteiger partial charge is 0.408 e. The number of piperazine rings is 1. The van der Waals surface area contributed by atoms with E-state index < -0.39 is 12.1 Å². The summed E-state index contributed by atoms with van der Waals surface area (Å²) in [6.45, 7) is 12.1. The number of aliphatic imine (C=N–C) groups is 1. The summed E-state index contributed by atoms with van der Waals surface area (Å²) < 4.78 is 5.29. The quantitative estimate of drug-likeness (QED) is 0.591. The van der Waals surface area contributed by atoms with Crippen LogP contribution in [0.15, 0.2) is 35.3 Å². The molecule has 1 heterocycles. The molecule has 0 spiro atoms. The van der Waals surface area contributed by atoms with E-state index in [0.29, 0.717) is 24.6 Å². The van der Waals surface area contributed by atoms with Crippen LogP contribution in [0.1, 0.15) is 59.9 Å². The number of hydrogen-bond donors (Lipinski definition) is 2. The predicted octanol–water partition coefficient (Wildman–Crippen LogP) is 3.51. The van der Waals surface area contributed by atoms with Gasteiger partial charge in [0.25, 0.3) is 0 Å². The second-order valence-electron chi connectivity index (χ2n) is 9.33. The average molecular weight is 459 g/mol. The fourth-order valence-corrected chi connectivity index (χ4v) is 3.53. The van der Waals surface area contributed by atoms with Crippen molar-refractivity contribution < 1.29 is 19.1 Å². The van der Waals surface area contributed by atoms with Gasteiger partial charge in [-0.05, 0) is 37.2 Å². The topological polar surface area (TPSA) is 100 Å². The van der Waals surface area contributed by atoms with E-state index in [1.807, 2.05) is 44.2 Å². The molecular weight excluding hydrogens is 420 g/mol. The molecule has 1 aliphatic heterocycles. The van der Waals surface area contributed by atoms with Crippen LogP contribution in [0, 0.1) is 11.8 Å². The number of hydrogen-bond acceptors (Lipinski definition) is 5. The number of alkyl carbamates (subject to hydrolysis) is 1. The fraction of sp³-hybridized carbons (Fsp3) is 0.600. The summed E-state index contributed by atoms with van der Waals surface area (Å²) >= 11 is 0. The molecule has 182 valence electrons. The Bertz CT molecular complexity index is 838. The van der Waals surface area contributed by atoms with E-state index in [9.17, 15) is 14.4 Å². The molecule has 3 amide bonds. The zero-order valence-corrected chi connectivity index (χ0v) is 20.6. The fourth-order valence-electron chi connectivity index (χ4n) is 3.53. The van der Waals surface area contributed by atoms with Gasteiger partial charge in [-0.1, -0.05) is 65.0 Å². The lowest BCUT2D eigenvalue weighted by Crippen LogP contribution is -2.63. The van der Waals surface area contributed by atoms with Crippen LogP contribution in [-0.4, -0.2) is 53.3 Å². The van der Waals surface area contributed by atoms with Gasteiger partial charge in [0.15, 0.2) is 0 Å². The number of rotatable bonds is 9. The summed E-state index contributed by atoms with van der Waals surface area (Å²) in [5.41, 5.74) is 0.858. The normalized spacial score (nSPS) is 19.4. The minimum atomic E-state index is -0.794. The number of ether oxygens (including phenoxy) is 1. The van der Waals surface area contributed by atoms with Crippen LogP contribution in [0.5, 0.6) is 0 Å². The largest absolute Gasteiger partial charge is 0.445 e. The average Bonchev–Trinajstić information content (AvgIpc) is 2.77. The highest BCUT2D eigenvalue weighted by Crippen LogP contribution is 2.19. The van der Waals surface area contributed by atoms with Gasteiger partial charge in [-0.2, -0.15) is 0 Å². The van der Waals surface area contributed by atoms with Crippen molar-refractivity contribution in [3.8, 4) is 0 Å². The van der Waals surface area contributed by atoms with Gasteiger partial charge in [-0.25, -0.2) is 4.79 Å². The van der Waals surface area contributed by atoms with Gasteiger partial charge >= 0.3 is 6.09 Å². The zero-order chi connectivity index (χ0) is 24.5. The summed E-state index contributed by atoms with van der Waals surface area (Å²) in [6.07, 6.45) is 0.369. The molecule has 0 aromatic heterocycles. The van der Waals surface area contributed by atoms with Gasteiger partial charge in [0, 0.05) is 0 Å². The molecule has 0 saturated carbocycles. The van der Waals surface area contributed by atoms with Crippen molar-refractivity contribution in [3.05, 3.63) is 35.9 Å². The Balaban J connectivity index is 2.17. The van der Waals surface area contributed by atoms with E-state index in [0.717, 1.165) is 5.56 Å². The zero-order valence-electron chi connectivity index (χ0n) is 20.6. The molecule has 1 aliphatic rings. The summed E-state index contributed by atoms with van der Waals surface area (Å²) in [4.78, 5) is 44.6. The van der Waals surface area contributed by atoms with Crippen molar-refractivity contribution in [3.63, 3.8) is 0 Å². The summed E-state index contributed by atoms with van der Waals surface area (Å²) in [7, 11) is 0. The van der Waals surface area contributed by atoms with Crippen LogP contribution in [0.25, 0.3) is 0 Å². The number of carbonyl (C=O) groups is 3. The van der Waals surface area contributed by atoms with Crippen LogP contribution >= 0.6 is 0 Å². The Morgan fingerprint density at radius 1 is 1.18 bits per heavy atom. The number of amides is 3. The molecule has 0 aliphatic carbocycles. The van der Waals surface area contributed by atoms with Gasteiger partial charge < -0.3 is 20.3 Å². The monoisotopic (exact) mass is 458 g/mol. The van der Waals surface area contributed by atoms with Crippen LogP contribution < -0.4 is 10.6 Å². The number of benzene rings is 1. The third-order valence-corrected chi connectivity index (χ3v) is 5.77. The molecular formula is C25H38N4O4. The first-order valence-corrected chi connectivity index (χ1v) is 11.8. The minimum Gasteiger partial charge on any atom is -0.445 e. The first-order chi connectivity index (χ1) is 15.6. The lowest BCUT2D eigenvalue weighted by molar-refractivity contribution is -0.140. The number of nitrogens with one attached hydrogen (secondary N) is 2. The van der Waals surface area contributed by atoms with Crippen LogP contribution in [0.3, 0.4) is 0 Å². The van der Waals surface area contributed by atoms with Gasteiger partial charge in [0.2, 0.25) is 11.8 Å². The Hall–Kier alpha value is -2.90. The standard InChI is InChI=1S/C25H38N4O4/c1-7-20(27-25(32)33-15-19-11-9-8-10-12-19)24(31)29-14-22(30)28-23(21(29)13-16(2)3)26-18(6)17(4)5/h8-12,16-18,20-21H,7,13-15H2,1-6H3,(H,27,32)(H,26,28,30)/t18-,20?,21+/m1/s1. The maximum absolute atomic E-state index is 13.5.